The largest absolute Gasteiger partial charge is 0.317 e. The van der Waals surface area contributed by atoms with Gasteiger partial charge in [-0.25, -0.2) is 8.42 Å². The molecule has 1 saturated heterocycles. The van der Waals surface area contributed by atoms with E-state index >= 15 is 0 Å². The Kier molecular flexibility index (Phi) is 4.38. The van der Waals surface area contributed by atoms with Crippen molar-refractivity contribution in [1.29, 1.82) is 0 Å². The lowest BCUT2D eigenvalue weighted by Gasteiger charge is -2.25. The summed E-state index contributed by atoms with van der Waals surface area (Å²) in [5, 5.41) is 3.35. The van der Waals surface area contributed by atoms with Crippen LogP contribution in [0, 0.1) is 11.8 Å². The van der Waals surface area contributed by atoms with Gasteiger partial charge in [0.1, 0.15) is 0 Å². The van der Waals surface area contributed by atoms with Gasteiger partial charge in [0, 0.05) is 0 Å². The molecule has 1 fully saturated rings. The first-order chi connectivity index (χ1) is 6.49. The second-order valence-corrected chi connectivity index (χ2v) is 6.82. The predicted molar refractivity (Wildman–Crippen MR) is 59.1 cm³/mol. The summed E-state index contributed by atoms with van der Waals surface area (Å²) in [7, 11) is -2.61. The average Bonchev–Trinajstić information content (AvgIpc) is 1.99. The van der Waals surface area contributed by atoms with Crippen LogP contribution in [-0.4, -0.2) is 33.0 Å². The lowest BCUT2D eigenvalue weighted by atomic mass is 10.1. The van der Waals surface area contributed by atoms with Crippen LogP contribution in [0.15, 0.2) is 0 Å². The molecule has 1 aliphatic heterocycles. The molecule has 0 radical (unpaired) electrons. The SMILES string of the molecule is CC(C)CCNCCC1CS(=O)(=O)C1. The van der Waals surface area contributed by atoms with Crippen molar-refractivity contribution in [3.8, 4) is 0 Å². The summed E-state index contributed by atoms with van der Waals surface area (Å²) < 4.78 is 21.7. The average molecular weight is 219 g/mol. The maximum atomic E-state index is 10.9. The van der Waals surface area contributed by atoms with Crippen LogP contribution in [0.25, 0.3) is 0 Å². The van der Waals surface area contributed by atoms with E-state index < -0.39 is 9.84 Å². The predicted octanol–water partition coefficient (Wildman–Crippen LogP) is 1.06. The smallest absolute Gasteiger partial charge is 0.150 e. The Balaban J connectivity index is 1.91. The number of sulfone groups is 1. The van der Waals surface area contributed by atoms with Gasteiger partial charge in [0.05, 0.1) is 11.5 Å². The van der Waals surface area contributed by atoms with E-state index in [-0.39, 0.29) is 0 Å². The Morgan fingerprint density at radius 1 is 1.29 bits per heavy atom. The fourth-order valence-electron chi connectivity index (χ4n) is 1.66. The van der Waals surface area contributed by atoms with Gasteiger partial charge in [0.2, 0.25) is 0 Å². The third-order valence-corrected chi connectivity index (χ3v) is 4.57. The third-order valence-electron chi connectivity index (χ3n) is 2.61. The van der Waals surface area contributed by atoms with Crippen molar-refractivity contribution in [2.24, 2.45) is 11.8 Å². The molecule has 0 saturated carbocycles. The molecule has 0 aromatic heterocycles. The summed E-state index contributed by atoms with van der Waals surface area (Å²) in [5.41, 5.74) is 0. The first kappa shape index (κ1) is 12.0. The maximum Gasteiger partial charge on any atom is 0.150 e. The Bertz CT molecular complexity index is 247. The highest BCUT2D eigenvalue weighted by atomic mass is 32.2. The molecule has 4 heteroatoms. The van der Waals surface area contributed by atoms with E-state index in [4.69, 9.17) is 0 Å². The van der Waals surface area contributed by atoms with Gasteiger partial charge >= 0.3 is 0 Å². The van der Waals surface area contributed by atoms with E-state index in [0.717, 1.165) is 25.4 Å². The minimum atomic E-state index is -2.61. The van der Waals surface area contributed by atoms with E-state index in [2.05, 4.69) is 19.2 Å². The van der Waals surface area contributed by atoms with Crippen molar-refractivity contribution in [2.45, 2.75) is 26.7 Å². The van der Waals surface area contributed by atoms with Crippen molar-refractivity contribution >= 4 is 9.84 Å². The fourth-order valence-corrected chi connectivity index (χ4v) is 3.33. The molecule has 0 bridgehead atoms. The van der Waals surface area contributed by atoms with Gasteiger partial charge in [0.25, 0.3) is 0 Å². The van der Waals surface area contributed by atoms with E-state index in [0.29, 0.717) is 17.4 Å². The lowest BCUT2D eigenvalue weighted by molar-refractivity contribution is 0.468. The molecule has 0 spiro atoms. The Labute approximate surface area is 87.2 Å². The zero-order chi connectivity index (χ0) is 10.6. The summed E-state index contributed by atoms with van der Waals surface area (Å²) in [5.74, 6) is 2.00. The van der Waals surface area contributed by atoms with Crippen LogP contribution >= 0.6 is 0 Å². The summed E-state index contributed by atoms with van der Waals surface area (Å²) >= 11 is 0. The fraction of sp³-hybridized carbons (Fsp3) is 1.00. The van der Waals surface area contributed by atoms with Gasteiger partial charge in [-0.15, -0.1) is 0 Å². The normalized spacial score (nSPS) is 21.1. The molecule has 14 heavy (non-hydrogen) atoms. The van der Waals surface area contributed by atoms with Crippen molar-refractivity contribution in [3.05, 3.63) is 0 Å². The van der Waals surface area contributed by atoms with Gasteiger partial charge in [0.15, 0.2) is 9.84 Å². The zero-order valence-corrected chi connectivity index (χ0v) is 9.94. The molecule has 84 valence electrons. The standard InChI is InChI=1S/C10H21NO2S/c1-9(2)3-5-11-6-4-10-7-14(12,13)8-10/h9-11H,3-8H2,1-2H3. The molecule has 1 N–H and O–H groups in total. The van der Waals surface area contributed by atoms with Gasteiger partial charge in [-0.2, -0.15) is 0 Å². The first-order valence-corrected chi connectivity index (χ1v) is 7.23. The van der Waals surface area contributed by atoms with Crippen molar-refractivity contribution < 1.29 is 8.42 Å². The van der Waals surface area contributed by atoms with Crippen LogP contribution in [0.4, 0.5) is 0 Å². The highest BCUT2D eigenvalue weighted by Crippen LogP contribution is 2.20. The van der Waals surface area contributed by atoms with Crippen LogP contribution in [0.1, 0.15) is 26.7 Å². The molecule has 0 unspecified atom stereocenters. The number of nitrogens with one attached hydrogen (secondary N) is 1. The van der Waals surface area contributed by atoms with Crippen LogP contribution in [0.5, 0.6) is 0 Å². The van der Waals surface area contributed by atoms with Crippen molar-refractivity contribution in [1.82, 2.24) is 5.32 Å². The van der Waals surface area contributed by atoms with E-state index in [1.54, 1.807) is 0 Å². The van der Waals surface area contributed by atoms with E-state index in [9.17, 15) is 8.42 Å². The molecule has 1 aliphatic rings. The summed E-state index contributed by atoms with van der Waals surface area (Å²) in [6, 6.07) is 0. The molecule has 0 aromatic carbocycles. The first-order valence-electron chi connectivity index (χ1n) is 5.41. The van der Waals surface area contributed by atoms with Gasteiger partial charge < -0.3 is 5.32 Å². The molecule has 0 atom stereocenters. The Hall–Kier alpha value is -0.0900. The molecule has 0 aromatic rings. The topological polar surface area (TPSA) is 46.2 Å². The molecule has 1 rings (SSSR count). The molecular formula is C10H21NO2S. The molecule has 3 nitrogen and oxygen atoms in total. The van der Waals surface area contributed by atoms with Crippen molar-refractivity contribution in [2.75, 3.05) is 24.6 Å². The van der Waals surface area contributed by atoms with Gasteiger partial charge in [-0.1, -0.05) is 13.8 Å². The van der Waals surface area contributed by atoms with Crippen LogP contribution in [0.3, 0.4) is 0 Å². The summed E-state index contributed by atoms with van der Waals surface area (Å²) in [6.45, 7) is 6.43. The Morgan fingerprint density at radius 2 is 1.93 bits per heavy atom. The zero-order valence-electron chi connectivity index (χ0n) is 9.12. The minimum Gasteiger partial charge on any atom is -0.317 e. The maximum absolute atomic E-state index is 10.9. The molecule has 0 aliphatic carbocycles. The van der Waals surface area contributed by atoms with Gasteiger partial charge in [-0.3, -0.25) is 0 Å². The third kappa shape index (κ3) is 4.42. The van der Waals surface area contributed by atoms with Crippen molar-refractivity contribution in [3.63, 3.8) is 0 Å². The molecular weight excluding hydrogens is 198 g/mol. The summed E-state index contributed by atoms with van der Waals surface area (Å²) in [6.07, 6.45) is 2.21. The van der Waals surface area contributed by atoms with E-state index in [1.165, 1.54) is 6.42 Å². The van der Waals surface area contributed by atoms with Crippen LogP contribution in [0.2, 0.25) is 0 Å². The quantitative estimate of drug-likeness (QED) is 0.679. The number of hydrogen-bond acceptors (Lipinski definition) is 3. The Morgan fingerprint density at radius 3 is 2.43 bits per heavy atom. The van der Waals surface area contributed by atoms with Crippen LogP contribution < -0.4 is 5.32 Å². The number of rotatable bonds is 6. The second kappa shape index (κ2) is 5.12. The second-order valence-electron chi connectivity index (χ2n) is 4.66. The highest BCUT2D eigenvalue weighted by Gasteiger charge is 2.32. The van der Waals surface area contributed by atoms with Gasteiger partial charge in [-0.05, 0) is 37.8 Å². The molecule has 1 heterocycles. The van der Waals surface area contributed by atoms with E-state index in [1.807, 2.05) is 0 Å². The summed E-state index contributed by atoms with van der Waals surface area (Å²) in [4.78, 5) is 0. The number of hydrogen-bond donors (Lipinski definition) is 1. The minimum absolute atomic E-state index is 0.416. The lowest BCUT2D eigenvalue weighted by Crippen LogP contribution is -2.38. The highest BCUT2D eigenvalue weighted by molar-refractivity contribution is 7.92. The molecule has 0 amide bonds. The van der Waals surface area contributed by atoms with Crippen LogP contribution in [-0.2, 0) is 9.84 Å². The monoisotopic (exact) mass is 219 g/mol.